The van der Waals surface area contributed by atoms with Gasteiger partial charge in [-0.1, -0.05) is 13.0 Å². The second kappa shape index (κ2) is 6.86. The first-order valence-electron chi connectivity index (χ1n) is 5.57. The Morgan fingerprint density at radius 1 is 1.45 bits per heavy atom. The van der Waals surface area contributed by atoms with Crippen molar-refractivity contribution in [2.45, 2.75) is 11.8 Å². The average molecular weight is 324 g/mol. The largest absolute Gasteiger partial charge is 0.324 e. The van der Waals surface area contributed by atoms with Gasteiger partial charge in [-0.3, -0.25) is 14.3 Å². The Hall–Kier alpha value is -1.39. The Morgan fingerprint density at radius 3 is 2.65 bits per heavy atom. The van der Waals surface area contributed by atoms with Crippen LogP contribution >= 0.6 is 0 Å². The quantitative estimate of drug-likeness (QED) is 0.589. The normalized spacial score (nSPS) is 13.1. The van der Waals surface area contributed by atoms with Gasteiger partial charge in [-0.15, -0.1) is 0 Å². The summed E-state index contributed by atoms with van der Waals surface area (Å²) in [6.45, 7) is 1.54. The average Bonchev–Trinajstić information content (AvgIpc) is 2.37. The standard InChI is InChI=1S/C10H13FN2O5S2/c1-2-19(16)7-6-12-20(17,18)9-5-3-4-8(11)10(9)13(14)15/h3-5,12H,2,6-7H2,1H3. The second-order valence-electron chi connectivity index (χ2n) is 3.67. The summed E-state index contributed by atoms with van der Waals surface area (Å²) < 4.78 is 50.4. The molecule has 0 spiro atoms. The van der Waals surface area contributed by atoms with Crippen LogP contribution in [0.25, 0.3) is 0 Å². The van der Waals surface area contributed by atoms with Gasteiger partial charge in [-0.05, 0) is 12.1 Å². The predicted octanol–water partition coefficient (Wildman–Crippen LogP) is 0.781. The number of nitro groups is 1. The van der Waals surface area contributed by atoms with Crippen molar-refractivity contribution in [1.29, 1.82) is 0 Å². The van der Waals surface area contributed by atoms with Gasteiger partial charge < -0.3 is 0 Å². The Morgan fingerprint density at radius 2 is 2.10 bits per heavy atom. The third-order valence-electron chi connectivity index (χ3n) is 2.37. The number of hydrogen-bond acceptors (Lipinski definition) is 5. The second-order valence-corrected chi connectivity index (χ2v) is 7.27. The first-order chi connectivity index (χ1) is 9.29. The molecule has 1 N–H and O–H groups in total. The van der Waals surface area contributed by atoms with Gasteiger partial charge in [0.25, 0.3) is 0 Å². The lowest BCUT2D eigenvalue weighted by Crippen LogP contribution is -2.28. The third kappa shape index (κ3) is 4.05. The lowest BCUT2D eigenvalue weighted by atomic mass is 10.3. The van der Waals surface area contributed by atoms with Crippen LogP contribution in [0.5, 0.6) is 0 Å². The van der Waals surface area contributed by atoms with Crippen molar-refractivity contribution in [3.05, 3.63) is 34.1 Å². The molecule has 1 atom stereocenters. The molecule has 0 saturated carbocycles. The maximum absolute atomic E-state index is 13.4. The fourth-order valence-electron chi connectivity index (χ4n) is 1.40. The minimum absolute atomic E-state index is 0.0822. The molecule has 0 heterocycles. The Kier molecular flexibility index (Phi) is 5.72. The van der Waals surface area contributed by atoms with E-state index >= 15 is 0 Å². The van der Waals surface area contributed by atoms with Gasteiger partial charge in [0.05, 0.1) is 4.92 Å². The number of halogens is 1. The van der Waals surface area contributed by atoms with Crippen molar-refractivity contribution in [3.8, 4) is 0 Å². The summed E-state index contributed by atoms with van der Waals surface area (Å²) in [6.07, 6.45) is 0. The van der Waals surface area contributed by atoms with Crippen LogP contribution in [0.3, 0.4) is 0 Å². The lowest BCUT2D eigenvalue weighted by molar-refractivity contribution is -0.390. The minimum Gasteiger partial charge on any atom is -0.260 e. The third-order valence-corrected chi connectivity index (χ3v) is 5.16. The van der Waals surface area contributed by atoms with Gasteiger partial charge in [0.2, 0.25) is 15.8 Å². The van der Waals surface area contributed by atoms with Crippen LogP contribution in [0.2, 0.25) is 0 Å². The van der Waals surface area contributed by atoms with E-state index in [0.717, 1.165) is 18.2 Å². The fourth-order valence-corrected chi connectivity index (χ4v) is 3.36. The predicted molar refractivity (Wildman–Crippen MR) is 71.8 cm³/mol. The summed E-state index contributed by atoms with van der Waals surface area (Å²) in [7, 11) is -5.40. The van der Waals surface area contributed by atoms with Crippen molar-refractivity contribution in [2.24, 2.45) is 0 Å². The van der Waals surface area contributed by atoms with Gasteiger partial charge in [0, 0.05) is 28.9 Å². The van der Waals surface area contributed by atoms with E-state index in [1.807, 2.05) is 0 Å². The summed E-state index contributed by atoms with van der Waals surface area (Å²) in [5.41, 5.74) is -1.10. The summed E-state index contributed by atoms with van der Waals surface area (Å²) in [5.74, 6) is -0.768. The molecular weight excluding hydrogens is 311 g/mol. The molecule has 20 heavy (non-hydrogen) atoms. The van der Waals surface area contributed by atoms with Crippen LogP contribution in [0, 0.1) is 15.9 Å². The zero-order chi connectivity index (χ0) is 15.3. The van der Waals surface area contributed by atoms with E-state index in [2.05, 4.69) is 4.72 Å². The molecule has 1 aromatic rings. The molecule has 0 aliphatic heterocycles. The van der Waals surface area contributed by atoms with Gasteiger partial charge in [0.15, 0.2) is 4.90 Å². The molecule has 0 radical (unpaired) electrons. The van der Waals surface area contributed by atoms with E-state index in [1.165, 1.54) is 0 Å². The highest BCUT2D eigenvalue weighted by atomic mass is 32.2. The molecule has 0 aromatic heterocycles. The monoisotopic (exact) mass is 324 g/mol. The Bertz CT molecular complexity index is 633. The minimum atomic E-state index is -4.23. The maximum atomic E-state index is 13.4. The molecule has 0 aliphatic carbocycles. The maximum Gasteiger partial charge on any atom is 0.324 e. The number of para-hydroxylation sites is 1. The molecule has 1 aromatic carbocycles. The highest BCUT2D eigenvalue weighted by molar-refractivity contribution is 7.89. The highest BCUT2D eigenvalue weighted by Gasteiger charge is 2.29. The van der Waals surface area contributed by atoms with Gasteiger partial charge in [-0.25, -0.2) is 13.1 Å². The van der Waals surface area contributed by atoms with E-state index in [-0.39, 0.29) is 12.3 Å². The molecule has 1 unspecified atom stereocenters. The lowest BCUT2D eigenvalue weighted by Gasteiger charge is -2.07. The summed E-state index contributed by atoms with van der Waals surface area (Å²) in [6, 6.07) is 2.82. The first-order valence-corrected chi connectivity index (χ1v) is 8.54. The Balaban J connectivity index is 3.02. The SMILES string of the molecule is CCS(=O)CCNS(=O)(=O)c1cccc(F)c1[N+](=O)[O-]. The number of nitrogens with zero attached hydrogens (tertiary/aromatic N) is 1. The number of nitro benzene ring substituents is 1. The van der Waals surface area contributed by atoms with Gasteiger partial charge in [-0.2, -0.15) is 4.39 Å². The number of rotatable bonds is 7. The van der Waals surface area contributed by atoms with Crippen molar-refractivity contribution >= 4 is 26.5 Å². The van der Waals surface area contributed by atoms with Gasteiger partial charge in [0.1, 0.15) is 0 Å². The van der Waals surface area contributed by atoms with E-state index in [9.17, 15) is 27.1 Å². The van der Waals surface area contributed by atoms with Crippen molar-refractivity contribution in [1.82, 2.24) is 4.72 Å². The first kappa shape index (κ1) is 16.7. The van der Waals surface area contributed by atoms with E-state index in [4.69, 9.17) is 0 Å². The van der Waals surface area contributed by atoms with Crippen molar-refractivity contribution in [3.63, 3.8) is 0 Å². The summed E-state index contributed by atoms with van der Waals surface area (Å²) in [4.78, 5) is 8.91. The molecule has 0 saturated heterocycles. The molecule has 112 valence electrons. The molecule has 0 bridgehead atoms. The number of benzene rings is 1. The smallest absolute Gasteiger partial charge is 0.260 e. The van der Waals surface area contributed by atoms with Crippen LogP contribution in [0.15, 0.2) is 23.1 Å². The molecule has 0 fully saturated rings. The van der Waals surface area contributed by atoms with Crippen LogP contribution in [0.1, 0.15) is 6.92 Å². The zero-order valence-corrected chi connectivity index (χ0v) is 12.2. The van der Waals surface area contributed by atoms with Crippen LogP contribution in [-0.4, -0.2) is 35.6 Å². The number of hydrogen-bond donors (Lipinski definition) is 1. The molecule has 10 heteroatoms. The topological polar surface area (TPSA) is 106 Å². The van der Waals surface area contributed by atoms with Crippen LogP contribution in [-0.2, 0) is 20.8 Å². The van der Waals surface area contributed by atoms with Gasteiger partial charge >= 0.3 is 5.69 Å². The molecular formula is C10H13FN2O5S2. The molecule has 1 rings (SSSR count). The molecule has 0 aliphatic rings. The summed E-state index contributed by atoms with van der Waals surface area (Å²) in [5, 5.41) is 10.7. The fraction of sp³-hybridized carbons (Fsp3) is 0.400. The van der Waals surface area contributed by atoms with Crippen LogP contribution in [0.4, 0.5) is 10.1 Å². The van der Waals surface area contributed by atoms with E-state index in [1.54, 1.807) is 6.92 Å². The highest BCUT2D eigenvalue weighted by Crippen LogP contribution is 2.26. The van der Waals surface area contributed by atoms with Crippen LogP contribution < -0.4 is 4.72 Å². The number of sulfonamides is 1. The van der Waals surface area contributed by atoms with E-state index < -0.39 is 42.1 Å². The summed E-state index contributed by atoms with van der Waals surface area (Å²) >= 11 is 0. The number of nitrogens with one attached hydrogen (secondary N) is 1. The van der Waals surface area contributed by atoms with Crippen molar-refractivity contribution < 1.29 is 21.9 Å². The van der Waals surface area contributed by atoms with Crippen molar-refractivity contribution in [2.75, 3.05) is 18.1 Å². The zero-order valence-electron chi connectivity index (χ0n) is 10.5. The molecule has 0 amide bonds. The molecule has 7 nitrogen and oxygen atoms in total. The Labute approximate surface area is 117 Å². The van der Waals surface area contributed by atoms with E-state index in [0.29, 0.717) is 5.75 Å².